The van der Waals surface area contributed by atoms with Crippen molar-refractivity contribution in [1.29, 1.82) is 0 Å². The molecule has 172 valence electrons. The summed E-state index contributed by atoms with van der Waals surface area (Å²) in [4.78, 5) is 34.5. The second kappa shape index (κ2) is 18.1. The van der Waals surface area contributed by atoms with Gasteiger partial charge in [0.2, 0.25) is 0 Å². The van der Waals surface area contributed by atoms with E-state index >= 15 is 0 Å². The number of Topliss-reactive ketones (excluding diaryl/α,β-unsaturated/α-hetero) is 1. The summed E-state index contributed by atoms with van der Waals surface area (Å²) in [6, 6.07) is 0. The highest BCUT2D eigenvalue weighted by Crippen LogP contribution is 2.02. The molecule has 1 rings (SSSR count). The Morgan fingerprint density at radius 2 is 0.967 bits per heavy atom. The first-order valence-corrected chi connectivity index (χ1v) is 10.1. The maximum atomic E-state index is 11.3. The first-order chi connectivity index (χ1) is 14.6. The number of amides is 2. The zero-order valence-electron chi connectivity index (χ0n) is 17.7. The second-order valence-corrected chi connectivity index (χ2v) is 6.29. The lowest BCUT2D eigenvalue weighted by Gasteiger charge is -2.13. The molecule has 0 atom stereocenters. The highest BCUT2D eigenvalue weighted by molar-refractivity contribution is 6.12. The summed E-state index contributed by atoms with van der Waals surface area (Å²) in [5.41, 5.74) is 0. The fourth-order valence-electron chi connectivity index (χ4n) is 2.22. The van der Waals surface area contributed by atoms with Crippen molar-refractivity contribution < 1.29 is 42.8 Å². The highest BCUT2D eigenvalue weighted by atomic mass is 16.6. The Kier molecular flexibility index (Phi) is 15.9. The van der Waals surface area contributed by atoms with Crippen molar-refractivity contribution in [1.82, 2.24) is 4.90 Å². The number of carbonyl (C=O) groups is 3. The van der Waals surface area contributed by atoms with Gasteiger partial charge in [-0.25, -0.2) is 0 Å². The van der Waals surface area contributed by atoms with Crippen LogP contribution in [0, 0.1) is 0 Å². The van der Waals surface area contributed by atoms with Crippen LogP contribution in [0.2, 0.25) is 0 Å². The molecular formula is C20H33NO9. The summed E-state index contributed by atoms with van der Waals surface area (Å²) in [6.07, 6.45) is 2.94. The maximum absolute atomic E-state index is 11.3. The predicted octanol–water partition coefficient (Wildman–Crippen LogP) is -0.00990. The largest absolute Gasteiger partial charge is 0.379 e. The van der Waals surface area contributed by atoms with Gasteiger partial charge in [-0.2, -0.15) is 0 Å². The third-order valence-electron chi connectivity index (χ3n) is 3.82. The van der Waals surface area contributed by atoms with E-state index in [1.807, 2.05) is 0 Å². The van der Waals surface area contributed by atoms with Crippen LogP contribution < -0.4 is 0 Å². The molecule has 0 aromatic rings. The molecule has 0 aromatic carbocycles. The van der Waals surface area contributed by atoms with Crippen LogP contribution in [0.15, 0.2) is 12.2 Å². The molecule has 0 saturated carbocycles. The molecule has 10 heteroatoms. The molecule has 0 unspecified atom stereocenters. The summed E-state index contributed by atoms with van der Waals surface area (Å²) in [6.45, 7) is 7.06. The van der Waals surface area contributed by atoms with E-state index in [9.17, 15) is 14.4 Å². The quantitative estimate of drug-likeness (QED) is 0.183. The maximum Gasteiger partial charge on any atom is 0.253 e. The summed E-state index contributed by atoms with van der Waals surface area (Å²) >= 11 is 0. The van der Waals surface area contributed by atoms with Crippen LogP contribution in [-0.4, -0.2) is 108 Å². The van der Waals surface area contributed by atoms with Crippen LogP contribution >= 0.6 is 0 Å². The van der Waals surface area contributed by atoms with Crippen LogP contribution in [0.3, 0.4) is 0 Å². The lowest BCUT2D eigenvalue weighted by Crippen LogP contribution is -2.33. The molecule has 1 heterocycles. The van der Waals surface area contributed by atoms with Crippen LogP contribution in [0.1, 0.15) is 13.3 Å². The second-order valence-electron chi connectivity index (χ2n) is 6.29. The van der Waals surface area contributed by atoms with Crippen molar-refractivity contribution in [2.75, 3.05) is 85.8 Å². The molecule has 0 saturated heterocycles. The molecule has 0 spiro atoms. The molecule has 0 aromatic heterocycles. The number of nitrogens with zero attached hydrogens (tertiary/aromatic N) is 1. The van der Waals surface area contributed by atoms with Gasteiger partial charge < -0.3 is 28.4 Å². The van der Waals surface area contributed by atoms with E-state index in [2.05, 4.69) is 0 Å². The average molecular weight is 431 g/mol. The molecule has 0 N–H and O–H groups in total. The van der Waals surface area contributed by atoms with Gasteiger partial charge in [-0.1, -0.05) is 0 Å². The van der Waals surface area contributed by atoms with Crippen LogP contribution in [0.25, 0.3) is 0 Å². The van der Waals surface area contributed by atoms with Crippen molar-refractivity contribution in [2.45, 2.75) is 13.3 Å². The minimum atomic E-state index is -0.305. The van der Waals surface area contributed by atoms with Crippen LogP contribution in [0.5, 0.6) is 0 Å². The van der Waals surface area contributed by atoms with Crippen molar-refractivity contribution >= 4 is 17.6 Å². The lowest BCUT2D eigenvalue weighted by atomic mass is 10.3. The fraction of sp³-hybridized carbons (Fsp3) is 0.750. The Morgan fingerprint density at radius 1 is 0.633 bits per heavy atom. The molecular weight excluding hydrogens is 398 g/mol. The van der Waals surface area contributed by atoms with Crippen molar-refractivity contribution in [3.05, 3.63) is 12.2 Å². The summed E-state index contributed by atoms with van der Waals surface area (Å²) in [7, 11) is 0. The van der Waals surface area contributed by atoms with Crippen LogP contribution in [-0.2, 0) is 42.8 Å². The number of ketones is 1. The lowest BCUT2D eigenvalue weighted by molar-refractivity contribution is -0.137. The number of ether oxygens (including phenoxy) is 6. The van der Waals surface area contributed by atoms with Gasteiger partial charge >= 0.3 is 0 Å². The van der Waals surface area contributed by atoms with Crippen molar-refractivity contribution in [3.8, 4) is 0 Å². The van der Waals surface area contributed by atoms with E-state index in [-0.39, 0.29) is 30.7 Å². The summed E-state index contributed by atoms with van der Waals surface area (Å²) in [5.74, 6) is -0.492. The Balaban J connectivity index is 1.70. The van der Waals surface area contributed by atoms with E-state index in [1.54, 1.807) is 0 Å². The highest BCUT2D eigenvalue weighted by Gasteiger charge is 2.22. The molecule has 0 aliphatic carbocycles. The zero-order chi connectivity index (χ0) is 21.9. The standard InChI is InChI=1S/C20H33NO9/c1-18(22)4-6-25-8-10-27-12-14-29-16-17-30-15-13-28-11-9-26-7-5-21-19(23)2-3-20(21)24/h2-3H,4-17H2,1H3. The SMILES string of the molecule is CC(=O)CCOCCOCCOCCOCCOCCOCCN1C(=O)C=CC1=O. The monoisotopic (exact) mass is 431 g/mol. The van der Waals surface area contributed by atoms with Gasteiger partial charge in [-0.05, 0) is 6.92 Å². The van der Waals surface area contributed by atoms with E-state index in [0.29, 0.717) is 79.1 Å². The van der Waals surface area contributed by atoms with Crippen molar-refractivity contribution in [2.24, 2.45) is 0 Å². The molecule has 0 radical (unpaired) electrons. The third-order valence-corrected chi connectivity index (χ3v) is 3.82. The molecule has 10 nitrogen and oxygen atoms in total. The fourth-order valence-corrected chi connectivity index (χ4v) is 2.22. The molecule has 0 fully saturated rings. The molecule has 2 amide bonds. The van der Waals surface area contributed by atoms with E-state index in [0.717, 1.165) is 4.90 Å². The van der Waals surface area contributed by atoms with Gasteiger partial charge in [0.25, 0.3) is 11.8 Å². The van der Waals surface area contributed by atoms with Gasteiger partial charge in [0.1, 0.15) is 5.78 Å². The normalized spacial score (nSPS) is 13.6. The Bertz CT molecular complexity index is 506. The molecule has 1 aliphatic heterocycles. The van der Waals surface area contributed by atoms with Gasteiger partial charge in [-0.15, -0.1) is 0 Å². The summed E-state index contributed by atoms with van der Waals surface area (Å²) < 4.78 is 32.0. The van der Waals surface area contributed by atoms with E-state index < -0.39 is 0 Å². The Labute approximate surface area is 177 Å². The number of carbonyl (C=O) groups excluding carboxylic acids is 3. The van der Waals surface area contributed by atoms with E-state index in [4.69, 9.17) is 28.4 Å². The van der Waals surface area contributed by atoms with Gasteiger partial charge in [0, 0.05) is 18.6 Å². The number of rotatable bonds is 21. The molecule has 30 heavy (non-hydrogen) atoms. The summed E-state index contributed by atoms with van der Waals surface area (Å²) in [5, 5.41) is 0. The van der Waals surface area contributed by atoms with Gasteiger partial charge in [0.05, 0.1) is 85.8 Å². The topological polar surface area (TPSA) is 110 Å². The van der Waals surface area contributed by atoms with Gasteiger partial charge in [-0.3, -0.25) is 19.3 Å². The number of imide groups is 1. The predicted molar refractivity (Wildman–Crippen MR) is 106 cm³/mol. The van der Waals surface area contributed by atoms with Crippen molar-refractivity contribution in [3.63, 3.8) is 0 Å². The Hall–Kier alpha value is -1.69. The minimum Gasteiger partial charge on any atom is -0.379 e. The molecule has 0 bridgehead atoms. The van der Waals surface area contributed by atoms with E-state index in [1.165, 1.54) is 19.1 Å². The third kappa shape index (κ3) is 14.3. The first kappa shape index (κ1) is 26.3. The average Bonchev–Trinajstić information content (AvgIpc) is 3.04. The molecule has 1 aliphatic rings. The van der Waals surface area contributed by atoms with Gasteiger partial charge in [0.15, 0.2) is 0 Å². The zero-order valence-corrected chi connectivity index (χ0v) is 17.7. The van der Waals surface area contributed by atoms with Crippen LogP contribution in [0.4, 0.5) is 0 Å². The minimum absolute atomic E-state index is 0.118. The number of hydrogen-bond donors (Lipinski definition) is 0. The smallest absolute Gasteiger partial charge is 0.253 e. The number of hydrogen-bond acceptors (Lipinski definition) is 9. The Morgan fingerprint density at radius 3 is 1.33 bits per heavy atom. The first-order valence-electron chi connectivity index (χ1n) is 10.1.